The molecular formula is C26H35FN2O3. The second kappa shape index (κ2) is 12.8. The minimum absolute atomic E-state index is 0.180. The van der Waals surface area contributed by atoms with Crippen LogP contribution in [0, 0.1) is 5.82 Å². The predicted octanol–water partition coefficient (Wildman–Crippen LogP) is 5.05. The number of carbonyl (C=O) groups excluding carboxylic acids is 2. The molecule has 2 aromatic rings. The van der Waals surface area contributed by atoms with Crippen molar-refractivity contribution in [1.29, 1.82) is 0 Å². The van der Waals surface area contributed by atoms with E-state index >= 15 is 0 Å². The van der Waals surface area contributed by atoms with Crippen molar-refractivity contribution >= 4 is 11.8 Å². The molecule has 0 aliphatic rings. The van der Waals surface area contributed by atoms with Gasteiger partial charge in [0.05, 0.1) is 0 Å². The number of ether oxygens (including phenoxy) is 1. The highest BCUT2D eigenvalue weighted by atomic mass is 19.1. The summed E-state index contributed by atoms with van der Waals surface area (Å²) >= 11 is 0. The zero-order chi connectivity index (χ0) is 23.5. The molecule has 32 heavy (non-hydrogen) atoms. The number of nitrogens with one attached hydrogen (secondary N) is 1. The molecule has 0 saturated carbocycles. The lowest BCUT2D eigenvalue weighted by Gasteiger charge is -2.30. The zero-order valence-electron chi connectivity index (χ0n) is 19.6. The van der Waals surface area contributed by atoms with Crippen molar-refractivity contribution in [2.24, 2.45) is 0 Å². The molecule has 174 valence electrons. The van der Waals surface area contributed by atoms with Gasteiger partial charge in [0.1, 0.15) is 17.6 Å². The zero-order valence-corrected chi connectivity index (χ0v) is 19.6. The van der Waals surface area contributed by atoms with E-state index in [1.165, 1.54) is 22.6 Å². The molecule has 0 saturated heterocycles. The van der Waals surface area contributed by atoms with E-state index in [1.54, 1.807) is 12.1 Å². The van der Waals surface area contributed by atoms with E-state index in [-0.39, 0.29) is 30.8 Å². The topological polar surface area (TPSA) is 58.6 Å². The number of hydrogen-bond acceptors (Lipinski definition) is 3. The molecule has 0 aliphatic heterocycles. The minimum atomic E-state index is -0.628. The summed E-state index contributed by atoms with van der Waals surface area (Å²) in [5.74, 6) is 0.194. The quantitative estimate of drug-likeness (QED) is 0.468. The van der Waals surface area contributed by atoms with Crippen LogP contribution in [0.25, 0.3) is 0 Å². The summed E-state index contributed by atoms with van der Waals surface area (Å²) in [6, 6.07) is 13.0. The van der Waals surface area contributed by atoms with Gasteiger partial charge >= 0.3 is 0 Å². The molecule has 1 N–H and O–H groups in total. The molecule has 0 aliphatic carbocycles. The molecule has 5 nitrogen and oxygen atoms in total. The van der Waals surface area contributed by atoms with Crippen LogP contribution in [0.2, 0.25) is 0 Å². The maximum absolute atomic E-state index is 13.3. The third-order valence-electron chi connectivity index (χ3n) is 5.39. The van der Waals surface area contributed by atoms with Crippen molar-refractivity contribution in [3.8, 4) is 5.75 Å². The highest BCUT2D eigenvalue weighted by molar-refractivity contribution is 5.88. The Morgan fingerprint density at radius 1 is 1.03 bits per heavy atom. The number of hydrogen-bond donors (Lipinski definition) is 1. The van der Waals surface area contributed by atoms with Gasteiger partial charge in [0.25, 0.3) is 5.91 Å². The normalized spacial score (nSPS) is 11.8. The number of amides is 2. The van der Waals surface area contributed by atoms with Crippen LogP contribution in [0.3, 0.4) is 0 Å². The Kier molecular flexibility index (Phi) is 10.2. The smallest absolute Gasteiger partial charge is 0.261 e. The highest BCUT2D eigenvalue weighted by Gasteiger charge is 2.28. The van der Waals surface area contributed by atoms with Crippen LogP contribution in [0.4, 0.5) is 4.39 Å². The van der Waals surface area contributed by atoms with Gasteiger partial charge in [0, 0.05) is 13.1 Å². The number of rotatable bonds is 12. The van der Waals surface area contributed by atoms with Crippen molar-refractivity contribution < 1.29 is 18.7 Å². The van der Waals surface area contributed by atoms with Crippen LogP contribution >= 0.6 is 0 Å². The Labute approximate surface area is 191 Å². The van der Waals surface area contributed by atoms with Gasteiger partial charge in [0.2, 0.25) is 5.91 Å². The minimum Gasteiger partial charge on any atom is -0.484 e. The SMILES string of the molecule is CCCCNC(=O)[C@@H](CC)N(Cc1ccc(F)cc1)C(=O)COc1ccc(C(C)C)cc1. The Balaban J connectivity index is 2.14. The first-order valence-electron chi connectivity index (χ1n) is 11.4. The van der Waals surface area contributed by atoms with Crippen molar-refractivity contribution in [1.82, 2.24) is 10.2 Å². The Bertz CT molecular complexity index is 850. The number of nitrogens with zero attached hydrogens (tertiary/aromatic N) is 1. The van der Waals surface area contributed by atoms with Gasteiger partial charge in [0.15, 0.2) is 6.61 Å². The van der Waals surface area contributed by atoms with E-state index in [9.17, 15) is 14.0 Å². The summed E-state index contributed by atoms with van der Waals surface area (Å²) < 4.78 is 19.1. The number of carbonyl (C=O) groups is 2. The number of unbranched alkanes of at least 4 members (excludes halogenated alkanes) is 1. The lowest BCUT2D eigenvalue weighted by Crippen LogP contribution is -2.50. The maximum atomic E-state index is 13.3. The summed E-state index contributed by atoms with van der Waals surface area (Å²) in [5.41, 5.74) is 1.94. The van der Waals surface area contributed by atoms with Gasteiger partial charge in [-0.1, -0.05) is 58.4 Å². The molecule has 2 aromatic carbocycles. The standard InChI is InChI=1S/C26H35FN2O3/c1-5-7-16-28-26(31)24(6-2)29(17-20-8-12-22(27)13-9-20)25(30)18-32-23-14-10-21(11-15-23)19(3)4/h8-15,19,24H,5-7,16-18H2,1-4H3,(H,28,31)/t24-/m1/s1. The molecular weight excluding hydrogens is 407 g/mol. The molecule has 0 spiro atoms. The molecule has 0 radical (unpaired) electrons. The molecule has 1 atom stereocenters. The number of benzene rings is 2. The molecule has 2 amide bonds. The molecule has 0 fully saturated rings. The molecule has 0 bridgehead atoms. The van der Waals surface area contributed by atoms with Gasteiger partial charge in [-0.25, -0.2) is 4.39 Å². The van der Waals surface area contributed by atoms with Crippen molar-refractivity contribution in [2.45, 2.75) is 65.5 Å². The second-order valence-corrected chi connectivity index (χ2v) is 8.23. The van der Waals surface area contributed by atoms with Crippen LogP contribution in [-0.2, 0) is 16.1 Å². The lowest BCUT2D eigenvalue weighted by atomic mass is 10.0. The van der Waals surface area contributed by atoms with Crippen LogP contribution in [0.15, 0.2) is 48.5 Å². The first-order valence-corrected chi connectivity index (χ1v) is 11.4. The summed E-state index contributed by atoms with van der Waals surface area (Å²) in [5, 5.41) is 2.92. The molecule has 2 rings (SSSR count). The van der Waals surface area contributed by atoms with E-state index < -0.39 is 6.04 Å². The predicted molar refractivity (Wildman–Crippen MR) is 125 cm³/mol. The highest BCUT2D eigenvalue weighted by Crippen LogP contribution is 2.19. The Morgan fingerprint density at radius 2 is 1.69 bits per heavy atom. The van der Waals surface area contributed by atoms with Crippen LogP contribution in [0.5, 0.6) is 5.75 Å². The van der Waals surface area contributed by atoms with Gasteiger partial charge < -0.3 is 15.0 Å². The monoisotopic (exact) mass is 442 g/mol. The third kappa shape index (κ3) is 7.66. The summed E-state index contributed by atoms with van der Waals surface area (Å²) in [7, 11) is 0. The van der Waals surface area contributed by atoms with Crippen molar-refractivity contribution in [3.63, 3.8) is 0 Å². The van der Waals surface area contributed by atoms with E-state index in [2.05, 4.69) is 26.1 Å². The second-order valence-electron chi connectivity index (χ2n) is 8.23. The van der Waals surface area contributed by atoms with E-state index in [1.807, 2.05) is 31.2 Å². The third-order valence-corrected chi connectivity index (χ3v) is 5.39. The first-order chi connectivity index (χ1) is 15.3. The van der Waals surface area contributed by atoms with E-state index in [0.717, 1.165) is 18.4 Å². The largest absolute Gasteiger partial charge is 0.484 e. The van der Waals surface area contributed by atoms with Gasteiger partial charge in [-0.05, 0) is 54.2 Å². The van der Waals surface area contributed by atoms with E-state index in [4.69, 9.17) is 4.74 Å². The summed E-state index contributed by atoms with van der Waals surface area (Å²) in [6.45, 7) is 8.75. The van der Waals surface area contributed by atoms with E-state index in [0.29, 0.717) is 24.6 Å². The fourth-order valence-electron chi connectivity index (χ4n) is 3.39. The fourth-order valence-corrected chi connectivity index (χ4v) is 3.39. The van der Waals surface area contributed by atoms with Crippen molar-refractivity contribution in [2.75, 3.05) is 13.2 Å². The summed E-state index contributed by atoms with van der Waals surface area (Å²) in [6.07, 6.45) is 2.32. The maximum Gasteiger partial charge on any atom is 0.261 e. The molecule has 6 heteroatoms. The average Bonchev–Trinajstić information content (AvgIpc) is 2.79. The van der Waals surface area contributed by atoms with Crippen LogP contribution in [0.1, 0.15) is 64.0 Å². The van der Waals surface area contributed by atoms with Crippen molar-refractivity contribution in [3.05, 3.63) is 65.5 Å². The molecule has 0 heterocycles. The first kappa shape index (κ1) is 25.4. The Hall–Kier alpha value is -2.89. The Morgan fingerprint density at radius 3 is 2.25 bits per heavy atom. The van der Waals surface area contributed by atoms with Gasteiger partial charge in [-0.2, -0.15) is 0 Å². The lowest BCUT2D eigenvalue weighted by molar-refractivity contribution is -0.143. The van der Waals surface area contributed by atoms with Crippen LogP contribution < -0.4 is 10.1 Å². The van der Waals surface area contributed by atoms with Gasteiger partial charge in [-0.15, -0.1) is 0 Å². The van der Waals surface area contributed by atoms with Crippen LogP contribution in [-0.4, -0.2) is 35.9 Å². The van der Waals surface area contributed by atoms with Gasteiger partial charge in [-0.3, -0.25) is 9.59 Å². The summed E-state index contributed by atoms with van der Waals surface area (Å²) in [4.78, 5) is 27.5. The number of halogens is 1. The molecule has 0 unspecified atom stereocenters. The molecule has 0 aromatic heterocycles. The average molecular weight is 443 g/mol. The fraction of sp³-hybridized carbons (Fsp3) is 0.462.